The van der Waals surface area contributed by atoms with Crippen LogP contribution in [0.2, 0.25) is 0 Å². The molecule has 2 aliphatic heterocycles. The van der Waals surface area contributed by atoms with Crippen LogP contribution in [0, 0.1) is 11.3 Å². The molecule has 1 aromatic carbocycles. The van der Waals surface area contributed by atoms with E-state index in [1.165, 1.54) is 6.42 Å². The number of carbonyl (C=O) groups is 1. The van der Waals surface area contributed by atoms with Crippen molar-refractivity contribution in [3.8, 4) is 0 Å². The van der Waals surface area contributed by atoms with Gasteiger partial charge in [-0.3, -0.25) is 4.79 Å². The molecule has 0 spiro atoms. The van der Waals surface area contributed by atoms with Gasteiger partial charge in [0.15, 0.2) is 9.84 Å². The Morgan fingerprint density at radius 1 is 1.21 bits per heavy atom. The van der Waals surface area contributed by atoms with Crippen molar-refractivity contribution in [2.75, 3.05) is 18.8 Å². The highest BCUT2D eigenvalue weighted by atomic mass is 32.2. The normalized spacial score (nSPS) is 34.2. The van der Waals surface area contributed by atoms with Crippen molar-refractivity contribution in [2.24, 2.45) is 11.3 Å². The van der Waals surface area contributed by atoms with Crippen molar-refractivity contribution in [2.45, 2.75) is 43.0 Å². The molecule has 1 aromatic rings. The maximum atomic E-state index is 13.1. The number of hydrogen-bond acceptors (Lipinski definition) is 4. The predicted octanol–water partition coefficient (Wildman–Crippen LogP) is 1.80. The molecule has 1 amide bonds. The van der Waals surface area contributed by atoms with Crippen LogP contribution in [0.1, 0.15) is 43.7 Å². The zero-order chi connectivity index (χ0) is 16.8. The van der Waals surface area contributed by atoms with Crippen LogP contribution in [0.4, 0.5) is 0 Å². The van der Waals surface area contributed by atoms with Gasteiger partial charge in [0.1, 0.15) is 0 Å². The van der Waals surface area contributed by atoms with Crippen LogP contribution in [-0.4, -0.2) is 33.2 Å². The first kappa shape index (κ1) is 16.1. The maximum absolute atomic E-state index is 13.1. The molecule has 1 saturated carbocycles. The summed E-state index contributed by atoms with van der Waals surface area (Å²) in [6.45, 7) is 1.67. The number of benzene rings is 1. The Kier molecular flexibility index (Phi) is 3.92. The molecule has 130 valence electrons. The van der Waals surface area contributed by atoms with Crippen LogP contribution in [-0.2, 0) is 14.6 Å². The van der Waals surface area contributed by atoms with Gasteiger partial charge < -0.3 is 10.6 Å². The molecule has 0 bridgehead atoms. The first-order chi connectivity index (χ1) is 11.5. The first-order valence-corrected chi connectivity index (χ1v) is 10.5. The van der Waals surface area contributed by atoms with E-state index < -0.39 is 9.84 Å². The Hall–Kier alpha value is -1.40. The van der Waals surface area contributed by atoms with E-state index in [1.54, 1.807) is 12.1 Å². The molecular formula is C18H24N2O3S. The van der Waals surface area contributed by atoms with Gasteiger partial charge in [0.25, 0.3) is 0 Å². The highest BCUT2D eigenvalue weighted by Crippen LogP contribution is 2.44. The SMILES string of the molecule is O=C(NC1CCS(=O)(=O)c2ccccc21)[C@@]12CCCC[C@H]1CNC2. The van der Waals surface area contributed by atoms with Gasteiger partial charge in [0, 0.05) is 6.54 Å². The lowest BCUT2D eigenvalue weighted by molar-refractivity contribution is -0.134. The maximum Gasteiger partial charge on any atom is 0.228 e. The molecule has 2 fully saturated rings. The highest BCUT2D eigenvalue weighted by Gasteiger charge is 2.50. The third kappa shape index (κ3) is 2.47. The van der Waals surface area contributed by atoms with Crippen LogP contribution in [0.25, 0.3) is 0 Å². The van der Waals surface area contributed by atoms with E-state index in [0.29, 0.717) is 17.2 Å². The fraction of sp³-hybridized carbons (Fsp3) is 0.611. The average Bonchev–Trinajstić information content (AvgIpc) is 3.03. The van der Waals surface area contributed by atoms with Gasteiger partial charge >= 0.3 is 0 Å². The molecule has 4 rings (SSSR count). The first-order valence-electron chi connectivity index (χ1n) is 8.86. The summed E-state index contributed by atoms with van der Waals surface area (Å²) in [6.07, 6.45) is 4.80. The van der Waals surface area contributed by atoms with E-state index in [-0.39, 0.29) is 23.1 Å². The second-order valence-corrected chi connectivity index (χ2v) is 9.48. The summed E-state index contributed by atoms with van der Waals surface area (Å²) in [5.41, 5.74) is 0.440. The third-order valence-corrected chi connectivity index (χ3v) is 7.92. The van der Waals surface area contributed by atoms with Crippen LogP contribution in [0.5, 0.6) is 0 Å². The number of rotatable bonds is 2. The van der Waals surface area contributed by atoms with E-state index >= 15 is 0 Å². The summed E-state index contributed by atoms with van der Waals surface area (Å²) in [7, 11) is -3.22. The molecule has 2 N–H and O–H groups in total. The molecule has 5 nitrogen and oxygen atoms in total. The summed E-state index contributed by atoms with van der Waals surface area (Å²) in [6, 6.07) is 6.88. The number of fused-ring (bicyclic) bond motifs is 2. The molecule has 1 aliphatic carbocycles. The molecule has 3 atom stereocenters. The van der Waals surface area contributed by atoms with Gasteiger partial charge in [-0.15, -0.1) is 0 Å². The van der Waals surface area contributed by atoms with Gasteiger partial charge in [-0.1, -0.05) is 31.0 Å². The number of sulfone groups is 1. The van der Waals surface area contributed by atoms with Crippen molar-refractivity contribution in [1.82, 2.24) is 10.6 Å². The van der Waals surface area contributed by atoms with Gasteiger partial charge in [-0.25, -0.2) is 8.42 Å². The molecule has 24 heavy (non-hydrogen) atoms. The van der Waals surface area contributed by atoms with Crippen LogP contribution < -0.4 is 10.6 Å². The molecular weight excluding hydrogens is 324 g/mol. The smallest absolute Gasteiger partial charge is 0.228 e. The van der Waals surface area contributed by atoms with Gasteiger partial charge in [0.2, 0.25) is 5.91 Å². The quantitative estimate of drug-likeness (QED) is 0.855. The van der Waals surface area contributed by atoms with E-state index in [0.717, 1.165) is 37.9 Å². The number of hydrogen-bond donors (Lipinski definition) is 2. The minimum Gasteiger partial charge on any atom is -0.349 e. The van der Waals surface area contributed by atoms with Gasteiger partial charge in [0.05, 0.1) is 22.1 Å². The topological polar surface area (TPSA) is 75.3 Å². The van der Waals surface area contributed by atoms with E-state index in [1.807, 2.05) is 12.1 Å². The minimum atomic E-state index is -3.22. The Morgan fingerprint density at radius 3 is 2.92 bits per heavy atom. The van der Waals surface area contributed by atoms with E-state index in [4.69, 9.17) is 0 Å². The Labute approximate surface area is 143 Å². The largest absolute Gasteiger partial charge is 0.349 e. The Morgan fingerprint density at radius 2 is 2.04 bits per heavy atom. The van der Waals surface area contributed by atoms with Gasteiger partial charge in [-0.2, -0.15) is 0 Å². The Balaban J connectivity index is 1.61. The number of carbonyl (C=O) groups excluding carboxylic acids is 1. The lowest BCUT2D eigenvalue weighted by Crippen LogP contribution is -2.49. The monoisotopic (exact) mass is 348 g/mol. The molecule has 6 heteroatoms. The van der Waals surface area contributed by atoms with E-state index in [2.05, 4.69) is 10.6 Å². The molecule has 3 aliphatic rings. The fourth-order valence-electron chi connectivity index (χ4n) is 4.73. The van der Waals surface area contributed by atoms with Crippen LogP contribution in [0.15, 0.2) is 29.2 Å². The van der Waals surface area contributed by atoms with Crippen molar-refractivity contribution < 1.29 is 13.2 Å². The molecule has 1 saturated heterocycles. The minimum absolute atomic E-state index is 0.101. The summed E-state index contributed by atoms with van der Waals surface area (Å²) in [4.78, 5) is 13.5. The summed E-state index contributed by atoms with van der Waals surface area (Å²) >= 11 is 0. The lowest BCUT2D eigenvalue weighted by atomic mass is 9.67. The molecule has 1 unspecified atom stereocenters. The fourth-order valence-corrected chi connectivity index (χ4v) is 6.35. The van der Waals surface area contributed by atoms with Crippen LogP contribution in [0.3, 0.4) is 0 Å². The molecule has 2 heterocycles. The highest BCUT2D eigenvalue weighted by molar-refractivity contribution is 7.91. The van der Waals surface area contributed by atoms with Crippen molar-refractivity contribution in [1.29, 1.82) is 0 Å². The van der Waals surface area contributed by atoms with Gasteiger partial charge in [-0.05, 0) is 43.4 Å². The zero-order valence-electron chi connectivity index (χ0n) is 13.8. The summed E-state index contributed by atoms with van der Waals surface area (Å²) < 4.78 is 24.5. The van der Waals surface area contributed by atoms with E-state index in [9.17, 15) is 13.2 Å². The van der Waals surface area contributed by atoms with Crippen molar-refractivity contribution in [3.05, 3.63) is 29.8 Å². The number of amides is 1. The average molecular weight is 348 g/mol. The summed E-state index contributed by atoms with van der Waals surface area (Å²) in [5, 5.41) is 6.60. The molecule has 0 aromatic heterocycles. The predicted molar refractivity (Wildman–Crippen MR) is 91.3 cm³/mol. The van der Waals surface area contributed by atoms with Crippen molar-refractivity contribution >= 4 is 15.7 Å². The zero-order valence-corrected chi connectivity index (χ0v) is 14.6. The molecule has 0 radical (unpaired) electrons. The second kappa shape index (κ2) is 5.85. The number of nitrogens with one attached hydrogen (secondary N) is 2. The van der Waals surface area contributed by atoms with Crippen LogP contribution >= 0.6 is 0 Å². The standard InChI is InChI=1S/C18H24N2O3S/c21-17(18-9-4-3-5-13(18)11-19-12-18)20-15-8-10-24(22,23)16-7-2-1-6-14(15)16/h1-2,6-7,13,15,19H,3-5,8-12H2,(H,20,21)/t13-,15?,18+/m0/s1. The lowest BCUT2D eigenvalue weighted by Gasteiger charge is -2.39. The Bertz CT molecular complexity index is 761. The summed E-state index contributed by atoms with van der Waals surface area (Å²) in [5.74, 6) is 0.619. The second-order valence-electron chi connectivity index (χ2n) is 7.40. The third-order valence-electron chi connectivity index (χ3n) is 6.10. The van der Waals surface area contributed by atoms with Crippen molar-refractivity contribution in [3.63, 3.8) is 0 Å².